The molecule has 0 aromatic heterocycles. The van der Waals surface area contributed by atoms with Crippen LogP contribution in [0.4, 0.5) is 0 Å². The van der Waals surface area contributed by atoms with Crippen LogP contribution in [0.5, 0.6) is 0 Å². The smallest absolute Gasteiger partial charge is 0.0621 e. The lowest BCUT2D eigenvalue weighted by Gasteiger charge is -2.18. The van der Waals surface area contributed by atoms with E-state index < -0.39 is 0 Å². The van der Waals surface area contributed by atoms with Crippen LogP contribution in [0.3, 0.4) is 0 Å². The molecule has 15 heavy (non-hydrogen) atoms. The molecule has 3 N–H and O–H groups in total. The zero-order valence-electron chi connectivity index (χ0n) is 9.37. The highest BCUT2D eigenvalue weighted by Gasteiger charge is 2.53. The predicted molar refractivity (Wildman–Crippen MR) is 59.5 cm³/mol. The van der Waals surface area contributed by atoms with Crippen molar-refractivity contribution in [1.29, 1.82) is 0 Å². The van der Waals surface area contributed by atoms with Crippen molar-refractivity contribution in [2.75, 3.05) is 26.3 Å². The van der Waals surface area contributed by atoms with E-state index in [0.717, 1.165) is 25.7 Å². The normalized spacial score (nSPS) is 38.2. The molecule has 0 amide bonds. The van der Waals surface area contributed by atoms with Gasteiger partial charge in [-0.2, -0.15) is 0 Å². The first-order valence-electron chi connectivity index (χ1n) is 6.34. The molecule has 1 aliphatic heterocycles. The summed E-state index contributed by atoms with van der Waals surface area (Å²) in [5.41, 5.74) is 6.66. The van der Waals surface area contributed by atoms with Crippen molar-refractivity contribution in [3.63, 3.8) is 0 Å². The Balaban J connectivity index is 1.39. The molecule has 2 aliphatic carbocycles. The maximum Gasteiger partial charge on any atom is 0.0621 e. The summed E-state index contributed by atoms with van der Waals surface area (Å²) in [6, 6.07) is 0.258. The number of hydrogen-bond donors (Lipinski definition) is 2. The minimum absolute atomic E-state index is 0.258. The molecule has 0 spiro atoms. The van der Waals surface area contributed by atoms with Crippen LogP contribution in [0.15, 0.2) is 0 Å². The SMILES string of the molecule is NC1COCC1CNCC1(C2CC2)CC1. The second-order valence-electron chi connectivity index (χ2n) is 5.73. The third-order valence-corrected chi connectivity index (χ3v) is 4.47. The lowest BCUT2D eigenvalue weighted by Crippen LogP contribution is -2.38. The Bertz CT molecular complexity index is 236. The highest BCUT2D eigenvalue weighted by molar-refractivity contribution is 5.05. The number of rotatable bonds is 5. The van der Waals surface area contributed by atoms with Gasteiger partial charge in [-0.25, -0.2) is 0 Å². The quantitative estimate of drug-likeness (QED) is 0.703. The molecule has 2 saturated carbocycles. The van der Waals surface area contributed by atoms with E-state index in [-0.39, 0.29) is 6.04 Å². The maximum absolute atomic E-state index is 5.95. The Morgan fingerprint density at radius 1 is 1.27 bits per heavy atom. The van der Waals surface area contributed by atoms with Gasteiger partial charge in [0.2, 0.25) is 0 Å². The standard InChI is InChI=1S/C12H22N2O/c13-11-7-15-6-9(11)5-14-8-12(3-4-12)10-1-2-10/h9-11,14H,1-8,13H2. The molecule has 3 nitrogen and oxygen atoms in total. The Morgan fingerprint density at radius 2 is 2.07 bits per heavy atom. The van der Waals surface area contributed by atoms with Crippen molar-refractivity contribution in [2.24, 2.45) is 23.0 Å². The lowest BCUT2D eigenvalue weighted by molar-refractivity contribution is 0.183. The molecular formula is C12H22N2O. The van der Waals surface area contributed by atoms with Gasteiger partial charge in [0.25, 0.3) is 0 Å². The molecular weight excluding hydrogens is 188 g/mol. The Labute approximate surface area is 91.7 Å². The van der Waals surface area contributed by atoms with Gasteiger partial charge in [0.1, 0.15) is 0 Å². The molecule has 3 aliphatic rings. The van der Waals surface area contributed by atoms with E-state index in [1.807, 2.05) is 0 Å². The first-order valence-corrected chi connectivity index (χ1v) is 6.34. The van der Waals surface area contributed by atoms with Crippen LogP contribution in [0.25, 0.3) is 0 Å². The van der Waals surface area contributed by atoms with Gasteiger partial charge in [-0.1, -0.05) is 0 Å². The molecule has 86 valence electrons. The van der Waals surface area contributed by atoms with Crippen LogP contribution < -0.4 is 11.1 Å². The Hall–Kier alpha value is -0.120. The van der Waals surface area contributed by atoms with Gasteiger partial charge in [0.05, 0.1) is 13.2 Å². The third kappa shape index (κ3) is 2.05. The van der Waals surface area contributed by atoms with E-state index in [2.05, 4.69) is 5.32 Å². The van der Waals surface area contributed by atoms with E-state index in [0.29, 0.717) is 11.3 Å². The third-order valence-electron chi connectivity index (χ3n) is 4.47. The molecule has 1 saturated heterocycles. The number of ether oxygens (including phenoxy) is 1. The minimum atomic E-state index is 0.258. The largest absolute Gasteiger partial charge is 0.379 e. The van der Waals surface area contributed by atoms with Gasteiger partial charge in [-0.3, -0.25) is 0 Å². The predicted octanol–water partition coefficient (Wildman–Crippen LogP) is 0.740. The van der Waals surface area contributed by atoms with Gasteiger partial charge in [0.15, 0.2) is 0 Å². The van der Waals surface area contributed by atoms with Crippen molar-refractivity contribution in [2.45, 2.75) is 31.7 Å². The van der Waals surface area contributed by atoms with Gasteiger partial charge < -0.3 is 15.8 Å². The van der Waals surface area contributed by atoms with Crippen LogP contribution in [0, 0.1) is 17.3 Å². The summed E-state index contributed by atoms with van der Waals surface area (Å²) in [6.45, 7) is 3.88. The molecule has 0 radical (unpaired) electrons. The summed E-state index contributed by atoms with van der Waals surface area (Å²) < 4.78 is 5.36. The highest BCUT2D eigenvalue weighted by atomic mass is 16.5. The molecule has 0 aromatic carbocycles. The zero-order valence-corrected chi connectivity index (χ0v) is 9.37. The molecule has 1 heterocycles. The summed E-state index contributed by atoms with van der Waals surface area (Å²) in [6.07, 6.45) is 5.87. The van der Waals surface area contributed by atoms with Gasteiger partial charge in [-0.15, -0.1) is 0 Å². The monoisotopic (exact) mass is 210 g/mol. The fourth-order valence-electron chi connectivity index (χ4n) is 2.92. The zero-order chi connectivity index (χ0) is 10.3. The van der Waals surface area contributed by atoms with Crippen LogP contribution >= 0.6 is 0 Å². The van der Waals surface area contributed by atoms with Crippen molar-refractivity contribution in [3.8, 4) is 0 Å². The first-order chi connectivity index (χ1) is 7.30. The van der Waals surface area contributed by atoms with Crippen LogP contribution in [-0.4, -0.2) is 32.3 Å². The van der Waals surface area contributed by atoms with Gasteiger partial charge in [0, 0.05) is 25.0 Å². The van der Waals surface area contributed by atoms with Crippen LogP contribution in [0.1, 0.15) is 25.7 Å². The maximum atomic E-state index is 5.95. The first kappa shape index (κ1) is 10.1. The average molecular weight is 210 g/mol. The average Bonchev–Trinajstić information content (AvgIpc) is 3.10. The minimum Gasteiger partial charge on any atom is -0.379 e. The molecule has 3 heteroatoms. The van der Waals surface area contributed by atoms with Crippen molar-refractivity contribution < 1.29 is 4.74 Å². The van der Waals surface area contributed by atoms with Gasteiger partial charge in [-0.05, 0) is 37.0 Å². The molecule has 2 unspecified atom stereocenters. The topological polar surface area (TPSA) is 47.3 Å². The van der Waals surface area contributed by atoms with Crippen LogP contribution in [0.2, 0.25) is 0 Å². The van der Waals surface area contributed by atoms with E-state index >= 15 is 0 Å². The second-order valence-corrected chi connectivity index (χ2v) is 5.73. The van der Waals surface area contributed by atoms with E-state index in [1.54, 1.807) is 0 Å². The molecule has 3 rings (SSSR count). The van der Waals surface area contributed by atoms with E-state index in [9.17, 15) is 0 Å². The Morgan fingerprint density at radius 3 is 2.60 bits per heavy atom. The van der Waals surface area contributed by atoms with E-state index in [4.69, 9.17) is 10.5 Å². The number of nitrogens with two attached hydrogens (primary N) is 1. The lowest BCUT2D eigenvalue weighted by atomic mass is 9.99. The number of nitrogens with one attached hydrogen (secondary N) is 1. The fraction of sp³-hybridized carbons (Fsp3) is 1.00. The van der Waals surface area contributed by atoms with Crippen molar-refractivity contribution in [1.82, 2.24) is 5.32 Å². The van der Waals surface area contributed by atoms with Crippen molar-refractivity contribution >= 4 is 0 Å². The highest BCUT2D eigenvalue weighted by Crippen LogP contribution is 2.60. The van der Waals surface area contributed by atoms with Gasteiger partial charge >= 0.3 is 0 Å². The summed E-state index contributed by atoms with van der Waals surface area (Å²) in [5, 5.41) is 3.62. The summed E-state index contributed by atoms with van der Waals surface area (Å²) >= 11 is 0. The molecule has 0 aromatic rings. The van der Waals surface area contributed by atoms with Crippen molar-refractivity contribution in [3.05, 3.63) is 0 Å². The molecule has 0 bridgehead atoms. The Kier molecular flexibility index (Phi) is 2.49. The molecule has 3 fully saturated rings. The summed E-state index contributed by atoms with van der Waals surface area (Å²) in [7, 11) is 0. The summed E-state index contributed by atoms with van der Waals surface area (Å²) in [4.78, 5) is 0. The fourth-order valence-corrected chi connectivity index (χ4v) is 2.92. The van der Waals surface area contributed by atoms with Crippen LogP contribution in [-0.2, 0) is 4.74 Å². The van der Waals surface area contributed by atoms with E-state index in [1.165, 1.54) is 32.2 Å². The second kappa shape index (κ2) is 3.72. The number of hydrogen-bond acceptors (Lipinski definition) is 3. The molecule has 2 atom stereocenters. The summed E-state index contributed by atoms with van der Waals surface area (Å²) in [5.74, 6) is 1.60.